The lowest BCUT2D eigenvalue weighted by atomic mass is 10.1. The van der Waals surface area contributed by atoms with Gasteiger partial charge in [-0.3, -0.25) is 0 Å². The third kappa shape index (κ3) is 2.57. The third-order valence-electron chi connectivity index (χ3n) is 4.99. The Bertz CT molecular complexity index is 941. The van der Waals surface area contributed by atoms with Gasteiger partial charge in [-0.25, -0.2) is 4.98 Å². The molecule has 4 heterocycles. The van der Waals surface area contributed by atoms with Gasteiger partial charge in [0, 0.05) is 36.8 Å². The number of halogens is 3. The van der Waals surface area contributed by atoms with Gasteiger partial charge >= 0.3 is 6.18 Å². The summed E-state index contributed by atoms with van der Waals surface area (Å²) in [4.78, 5) is 10.4. The van der Waals surface area contributed by atoms with E-state index < -0.39 is 11.7 Å². The van der Waals surface area contributed by atoms with E-state index >= 15 is 0 Å². The first kappa shape index (κ1) is 16.1. The van der Waals surface area contributed by atoms with Crippen molar-refractivity contribution in [2.75, 3.05) is 18.0 Å². The Hall–Kier alpha value is -2.13. The molecule has 5 nitrogen and oxygen atoms in total. The fourth-order valence-electron chi connectivity index (χ4n) is 3.84. The summed E-state index contributed by atoms with van der Waals surface area (Å²) in [7, 11) is 0. The maximum atomic E-state index is 13.5. The minimum atomic E-state index is -4.49. The van der Waals surface area contributed by atoms with E-state index in [1.54, 1.807) is 11.6 Å². The van der Waals surface area contributed by atoms with Crippen molar-refractivity contribution in [2.24, 2.45) is 0 Å². The molecule has 2 aliphatic heterocycles. The molecule has 0 spiro atoms. The number of benzene rings is 1. The monoisotopic (exact) mass is 380 g/mol. The molecule has 2 saturated heterocycles. The van der Waals surface area contributed by atoms with E-state index in [0.717, 1.165) is 18.9 Å². The molecule has 0 amide bonds. The van der Waals surface area contributed by atoms with Crippen LogP contribution in [0.4, 0.5) is 19.2 Å². The number of hydrogen-bond donors (Lipinski definition) is 1. The Morgan fingerprint density at radius 1 is 1.19 bits per heavy atom. The summed E-state index contributed by atoms with van der Waals surface area (Å²) >= 11 is 1.36. The van der Waals surface area contributed by atoms with Gasteiger partial charge in [0.1, 0.15) is 10.5 Å². The van der Waals surface area contributed by atoms with Gasteiger partial charge in [-0.1, -0.05) is 0 Å². The van der Waals surface area contributed by atoms with Crippen molar-refractivity contribution in [3.8, 4) is 10.6 Å². The maximum absolute atomic E-state index is 13.5. The van der Waals surface area contributed by atoms with Crippen molar-refractivity contribution in [3.63, 3.8) is 0 Å². The first-order valence-corrected chi connectivity index (χ1v) is 9.28. The molecule has 2 fully saturated rings. The molecule has 0 aliphatic carbocycles. The molecule has 2 aliphatic rings. The van der Waals surface area contributed by atoms with Crippen molar-refractivity contribution >= 4 is 28.5 Å². The average Bonchev–Trinajstić information content (AvgIpc) is 3.32. The van der Waals surface area contributed by atoms with Crippen LogP contribution in [0.1, 0.15) is 18.4 Å². The minimum Gasteiger partial charge on any atom is -0.423 e. The van der Waals surface area contributed by atoms with Gasteiger partial charge in [-0.15, -0.1) is 11.3 Å². The standard InChI is InChI=1S/C17H15F3N4OS/c18-17(19,20)12-4-3-11(15-21-5-6-26-15)14-13(12)23-16(25-14)24-7-9-1-2-10(8-24)22-9/h3-6,9-10,22H,1-2,7-8H2. The van der Waals surface area contributed by atoms with Crippen LogP contribution in [-0.2, 0) is 6.18 Å². The maximum Gasteiger partial charge on any atom is 0.418 e. The second-order valence-corrected chi connectivity index (χ2v) is 7.61. The molecule has 1 N–H and O–H groups in total. The van der Waals surface area contributed by atoms with Crippen LogP contribution >= 0.6 is 11.3 Å². The summed E-state index contributed by atoms with van der Waals surface area (Å²) in [6.45, 7) is 1.38. The Labute approximate surface area is 150 Å². The SMILES string of the molecule is FC(F)(F)c1ccc(-c2nccs2)c2oc(N3CC4CCC(C3)N4)nc12. The topological polar surface area (TPSA) is 54.2 Å². The van der Waals surface area contributed by atoms with E-state index in [1.807, 2.05) is 4.90 Å². The predicted octanol–water partition coefficient (Wildman–Crippen LogP) is 3.91. The van der Waals surface area contributed by atoms with Crippen molar-refractivity contribution < 1.29 is 17.6 Å². The van der Waals surface area contributed by atoms with Crippen molar-refractivity contribution in [3.05, 3.63) is 29.3 Å². The molecule has 0 radical (unpaired) electrons. The van der Waals surface area contributed by atoms with E-state index in [0.29, 0.717) is 35.7 Å². The minimum absolute atomic E-state index is 0.147. The van der Waals surface area contributed by atoms with E-state index in [1.165, 1.54) is 17.4 Å². The Morgan fingerprint density at radius 3 is 2.62 bits per heavy atom. The van der Waals surface area contributed by atoms with Gasteiger partial charge in [0.25, 0.3) is 6.01 Å². The van der Waals surface area contributed by atoms with Crippen LogP contribution in [-0.4, -0.2) is 35.1 Å². The molecular weight excluding hydrogens is 365 g/mol. The summed E-state index contributed by atoms with van der Waals surface area (Å²) < 4.78 is 46.3. The van der Waals surface area contributed by atoms with Gasteiger partial charge in [0.05, 0.1) is 11.1 Å². The smallest absolute Gasteiger partial charge is 0.418 e. The van der Waals surface area contributed by atoms with Crippen molar-refractivity contribution in [1.82, 2.24) is 15.3 Å². The molecule has 0 saturated carbocycles. The number of oxazole rings is 1. The van der Waals surface area contributed by atoms with Crippen LogP contribution in [0.15, 0.2) is 28.1 Å². The summed E-state index contributed by atoms with van der Waals surface area (Å²) in [5.74, 6) is 0. The highest BCUT2D eigenvalue weighted by Gasteiger charge is 2.38. The number of nitrogens with one attached hydrogen (secondary N) is 1. The van der Waals surface area contributed by atoms with Gasteiger partial charge in [0.15, 0.2) is 5.58 Å². The summed E-state index contributed by atoms with van der Waals surface area (Å²) in [5, 5.41) is 5.89. The van der Waals surface area contributed by atoms with E-state index in [4.69, 9.17) is 4.42 Å². The Balaban J connectivity index is 1.66. The van der Waals surface area contributed by atoms with Crippen molar-refractivity contribution in [1.29, 1.82) is 0 Å². The Kier molecular flexibility index (Phi) is 3.51. The van der Waals surface area contributed by atoms with Gasteiger partial charge in [0.2, 0.25) is 0 Å². The molecule has 2 unspecified atom stereocenters. The fourth-order valence-corrected chi connectivity index (χ4v) is 4.50. The summed E-state index contributed by atoms with van der Waals surface area (Å²) in [6, 6.07) is 3.41. The highest BCUT2D eigenvalue weighted by molar-refractivity contribution is 7.13. The number of rotatable bonds is 2. The van der Waals surface area contributed by atoms with Crippen LogP contribution in [0.2, 0.25) is 0 Å². The zero-order chi connectivity index (χ0) is 17.9. The molecule has 3 aromatic rings. The van der Waals surface area contributed by atoms with Crippen LogP contribution in [0.25, 0.3) is 21.7 Å². The highest BCUT2D eigenvalue weighted by Crippen LogP contribution is 2.41. The van der Waals surface area contributed by atoms with Crippen LogP contribution in [0.5, 0.6) is 0 Å². The quantitative estimate of drug-likeness (QED) is 0.731. The molecule has 136 valence electrons. The highest BCUT2D eigenvalue weighted by atomic mass is 32.1. The van der Waals surface area contributed by atoms with E-state index in [-0.39, 0.29) is 17.1 Å². The number of alkyl halides is 3. The second-order valence-electron chi connectivity index (χ2n) is 6.71. The Morgan fingerprint density at radius 2 is 1.96 bits per heavy atom. The zero-order valence-corrected chi connectivity index (χ0v) is 14.4. The first-order valence-electron chi connectivity index (χ1n) is 8.40. The van der Waals surface area contributed by atoms with Crippen LogP contribution in [0.3, 0.4) is 0 Å². The number of fused-ring (bicyclic) bond motifs is 3. The number of piperazine rings is 1. The molecular formula is C17H15F3N4OS. The third-order valence-corrected chi connectivity index (χ3v) is 5.79. The summed E-state index contributed by atoms with van der Waals surface area (Å²) in [6.07, 6.45) is -0.732. The molecule has 5 rings (SSSR count). The van der Waals surface area contributed by atoms with E-state index in [2.05, 4.69) is 15.3 Å². The molecule has 1 aromatic carbocycles. The number of hydrogen-bond acceptors (Lipinski definition) is 6. The van der Waals surface area contributed by atoms with Gasteiger partial charge in [-0.05, 0) is 25.0 Å². The lowest BCUT2D eigenvalue weighted by Gasteiger charge is -2.31. The fraction of sp³-hybridized carbons (Fsp3) is 0.412. The second kappa shape index (κ2) is 5.68. The van der Waals surface area contributed by atoms with E-state index in [9.17, 15) is 13.2 Å². The number of aromatic nitrogens is 2. The molecule has 9 heteroatoms. The molecule has 2 bridgehead atoms. The molecule has 2 atom stereocenters. The molecule has 2 aromatic heterocycles. The average molecular weight is 380 g/mol. The van der Waals surface area contributed by atoms with Crippen LogP contribution in [0, 0.1) is 0 Å². The molecule has 26 heavy (non-hydrogen) atoms. The summed E-state index contributed by atoms with van der Waals surface area (Å²) in [5.41, 5.74) is -0.234. The lowest BCUT2D eigenvalue weighted by molar-refractivity contribution is -0.136. The number of anilines is 1. The van der Waals surface area contributed by atoms with Gasteiger partial charge in [-0.2, -0.15) is 18.2 Å². The predicted molar refractivity (Wildman–Crippen MR) is 92.3 cm³/mol. The zero-order valence-electron chi connectivity index (χ0n) is 13.6. The van der Waals surface area contributed by atoms with Crippen molar-refractivity contribution in [2.45, 2.75) is 31.1 Å². The lowest BCUT2D eigenvalue weighted by Crippen LogP contribution is -2.51. The van der Waals surface area contributed by atoms with Crippen LogP contribution < -0.4 is 10.2 Å². The van der Waals surface area contributed by atoms with Gasteiger partial charge < -0.3 is 14.6 Å². The first-order chi connectivity index (χ1) is 12.5. The largest absolute Gasteiger partial charge is 0.423 e. The number of thiazole rings is 1. The normalized spacial score (nSPS) is 23.1. The number of nitrogens with zero attached hydrogens (tertiary/aromatic N) is 3.